The number of nitrogens with zero attached hydrogens (tertiary/aromatic N) is 1. The second-order valence-electron chi connectivity index (χ2n) is 11.7. The summed E-state index contributed by atoms with van der Waals surface area (Å²) in [5, 5.41) is 14.4. The summed E-state index contributed by atoms with van der Waals surface area (Å²) in [6.45, 7) is 2.85. The highest BCUT2D eigenvalue weighted by atomic mass is 35.5. The number of amides is 2. The Hall–Kier alpha value is -3.39. The average molecular weight is 609 g/mol. The zero-order valence-electron chi connectivity index (χ0n) is 23.5. The van der Waals surface area contributed by atoms with Crippen LogP contribution in [0.3, 0.4) is 0 Å². The van der Waals surface area contributed by atoms with E-state index in [0.29, 0.717) is 54.9 Å². The van der Waals surface area contributed by atoms with Crippen LogP contribution in [0.1, 0.15) is 55.2 Å². The average Bonchev–Trinajstić information content (AvgIpc) is 3.78. The second-order valence-corrected chi connectivity index (χ2v) is 12.5. The molecular weight excluding hydrogens is 573 g/mol. The van der Waals surface area contributed by atoms with Crippen molar-refractivity contribution in [2.45, 2.75) is 49.5 Å². The third-order valence-electron chi connectivity index (χ3n) is 9.19. The Kier molecular flexibility index (Phi) is 8.39. The molecule has 7 nitrogen and oxygen atoms in total. The van der Waals surface area contributed by atoms with Crippen LogP contribution in [-0.4, -0.2) is 47.4 Å². The lowest BCUT2D eigenvalue weighted by atomic mass is 9.60. The molecule has 2 fully saturated rings. The van der Waals surface area contributed by atoms with Gasteiger partial charge in [-0.3, -0.25) is 14.4 Å². The predicted octanol–water partition coefficient (Wildman–Crippen LogP) is 5.49. The van der Waals surface area contributed by atoms with Crippen molar-refractivity contribution < 1.29 is 19.5 Å². The van der Waals surface area contributed by atoms with Gasteiger partial charge < -0.3 is 21.1 Å². The van der Waals surface area contributed by atoms with Crippen LogP contribution in [0.4, 0.5) is 0 Å². The number of halogens is 2. The molecule has 42 heavy (non-hydrogen) atoms. The molecule has 3 aromatic rings. The van der Waals surface area contributed by atoms with Gasteiger partial charge in [0.1, 0.15) is 0 Å². The minimum atomic E-state index is -1.39. The first-order chi connectivity index (χ1) is 20.0. The number of primary amides is 1. The van der Waals surface area contributed by atoms with Crippen molar-refractivity contribution in [3.05, 3.63) is 106 Å². The number of likely N-dealkylation sites (tertiary alicyclic amines) is 1. The van der Waals surface area contributed by atoms with E-state index >= 15 is 0 Å². The van der Waals surface area contributed by atoms with E-state index in [9.17, 15) is 19.5 Å². The number of hydrogen-bond acceptors (Lipinski definition) is 4. The molecule has 0 aromatic heterocycles. The Morgan fingerprint density at radius 3 is 2.02 bits per heavy atom. The van der Waals surface area contributed by atoms with E-state index in [-0.39, 0.29) is 17.5 Å². The van der Waals surface area contributed by atoms with Gasteiger partial charge in [0.25, 0.3) is 0 Å². The fourth-order valence-corrected chi connectivity index (χ4v) is 7.31. The molecule has 220 valence electrons. The minimum absolute atomic E-state index is 0.111. The van der Waals surface area contributed by atoms with Gasteiger partial charge in [0, 0.05) is 32.5 Å². The van der Waals surface area contributed by atoms with E-state index in [4.69, 9.17) is 28.9 Å². The summed E-state index contributed by atoms with van der Waals surface area (Å²) < 4.78 is 0. The molecule has 0 spiro atoms. The van der Waals surface area contributed by atoms with E-state index in [1.165, 1.54) is 6.92 Å². The van der Waals surface area contributed by atoms with E-state index in [1.54, 1.807) is 18.2 Å². The SMILES string of the molecule is CC(=O)NC1(c2ccccc2)CCN(CC(C(N)=O)(c2ccccc2)C(c2ccc(Cl)c(Cl)c2)C2(C(=O)O)CC2)CC1. The molecule has 5 rings (SSSR count). The smallest absolute Gasteiger partial charge is 0.310 e. The number of nitrogens with two attached hydrogens (primary N) is 1. The van der Waals surface area contributed by atoms with E-state index < -0.39 is 34.2 Å². The number of carboxylic acid groups (broad SMARTS) is 1. The Labute approximate surface area is 256 Å². The quantitative estimate of drug-likeness (QED) is 0.282. The molecule has 0 bridgehead atoms. The number of aliphatic carboxylic acids is 1. The molecular formula is C33H35Cl2N3O4. The number of nitrogens with one attached hydrogen (secondary N) is 1. The molecule has 1 saturated heterocycles. The molecule has 3 aromatic carbocycles. The summed E-state index contributed by atoms with van der Waals surface area (Å²) in [6, 6.07) is 24.2. The maximum atomic E-state index is 13.9. The highest BCUT2D eigenvalue weighted by Gasteiger charge is 2.65. The molecule has 1 aliphatic carbocycles. The van der Waals surface area contributed by atoms with Gasteiger partial charge in [-0.1, -0.05) is 89.9 Å². The topological polar surface area (TPSA) is 113 Å². The van der Waals surface area contributed by atoms with Crippen LogP contribution < -0.4 is 11.1 Å². The number of piperidine rings is 1. The monoisotopic (exact) mass is 607 g/mol. The molecule has 2 atom stereocenters. The van der Waals surface area contributed by atoms with Crippen molar-refractivity contribution in [2.75, 3.05) is 19.6 Å². The van der Waals surface area contributed by atoms with Crippen LogP contribution in [0.15, 0.2) is 78.9 Å². The zero-order chi connectivity index (χ0) is 30.1. The molecule has 2 amide bonds. The molecule has 9 heteroatoms. The Morgan fingerprint density at radius 1 is 0.929 bits per heavy atom. The molecule has 1 heterocycles. The van der Waals surface area contributed by atoms with Gasteiger partial charge in [0.2, 0.25) is 11.8 Å². The van der Waals surface area contributed by atoms with Gasteiger partial charge in [-0.25, -0.2) is 0 Å². The van der Waals surface area contributed by atoms with Crippen LogP contribution in [0, 0.1) is 5.41 Å². The van der Waals surface area contributed by atoms with Gasteiger partial charge in [-0.15, -0.1) is 0 Å². The third-order valence-corrected chi connectivity index (χ3v) is 9.93. The lowest BCUT2D eigenvalue weighted by molar-refractivity contribution is -0.146. The van der Waals surface area contributed by atoms with Crippen LogP contribution >= 0.6 is 23.2 Å². The number of carboxylic acids is 1. The maximum absolute atomic E-state index is 13.9. The van der Waals surface area contributed by atoms with Gasteiger partial charge in [-0.05, 0) is 54.5 Å². The summed E-state index contributed by atoms with van der Waals surface area (Å²) in [7, 11) is 0. The van der Waals surface area contributed by atoms with Gasteiger partial charge in [0.05, 0.1) is 26.4 Å². The van der Waals surface area contributed by atoms with E-state index in [1.807, 2.05) is 60.7 Å². The van der Waals surface area contributed by atoms with Crippen molar-refractivity contribution in [2.24, 2.45) is 11.1 Å². The molecule has 2 unspecified atom stereocenters. The van der Waals surface area contributed by atoms with Gasteiger partial charge in [-0.2, -0.15) is 0 Å². The Balaban J connectivity index is 1.60. The number of carbonyl (C=O) groups excluding carboxylic acids is 2. The molecule has 4 N–H and O–H groups in total. The van der Waals surface area contributed by atoms with Crippen molar-refractivity contribution in [1.82, 2.24) is 10.2 Å². The summed E-state index contributed by atoms with van der Waals surface area (Å²) in [6.07, 6.45) is 2.05. The van der Waals surface area contributed by atoms with E-state index in [2.05, 4.69) is 10.2 Å². The largest absolute Gasteiger partial charge is 0.481 e. The molecule has 2 aliphatic rings. The summed E-state index contributed by atoms with van der Waals surface area (Å²) in [4.78, 5) is 41.3. The summed E-state index contributed by atoms with van der Waals surface area (Å²) in [5.74, 6) is -2.47. The fraction of sp³-hybridized carbons (Fsp3) is 0.364. The number of hydrogen-bond donors (Lipinski definition) is 3. The number of benzene rings is 3. The van der Waals surface area contributed by atoms with Gasteiger partial charge >= 0.3 is 5.97 Å². The lowest BCUT2D eigenvalue weighted by Crippen LogP contribution is -2.59. The lowest BCUT2D eigenvalue weighted by Gasteiger charge is -2.48. The van der Waals surface area contributed by atoms with Crippen LogP contribution in [-0.2, 0) is 25.3 Å². The number of carbonyl (C=O) groups is 3. The highest BCUT2D eigenvalue weighted by Crippen LogP contribution is 2.63. The van der Waals surface area contributed by atoms with Crippen LogP contribution in [0.2, 0.25) is 10.0 Å². The fourth-order valence-electron chi connectivity index (χ4n) is 7.00. The maximum Gasteiger partial charge on any atom is 0.310 e. The first-order valence-electron chi connectivity index (χ1n) is 14.1. The van der Waals surface area contributed by atoms with Crippen molar-refractivity contribution >= 4 is 41.0 Å². The Morgan fingerprint density at radius 2 is 1.52 bits per heavy atom. The highest BCUT2D eigenvalue weighted by molar-refractivity contribution is 6.42. The standard InChI is InChI=1S/C33H35Cl2N3O4/c1-22(39)37-32(24-8-4-2-5-9-24)16-18-38(19-17-32)21-33(29(36)40,25-10-6-3-7-11-25)28(31(14-15-31)30(41)42)23-12-13-26(34)27(35)20-23/h2-13,20,28H,14-19,21H2,1H3,(H2,36,40)(H,37,39)(H,41,42). The van der Waals surface area contributed by atoms with E-state index in [0.717, 1.165) is 5.56 Å². The summed E-state index contributed by atoms with van der Waals surface area (Å²) >= 11 is 12.7. The Bertz CT molecular complexity index is 1470. The summed E-state index contributed by atoms with van der Waals surface area (Å²) in [5.41, 5.74) is 5.55. The molecule has 1 aliphatic heterocycles. The number of rotatable bonds is 10. The van der Waals surface area contributed by atoms with Crippen LogP contribution in [0.25, 0.3) is 0 Å². The first kappa shape index (κ1) is 30.1. The third kappa shape index (κ3) is 5.41. The van der Waals surface area contributed by atoms with Gasteiger partial charge in [0.15, 0.2) is 0 Å². The normalized spacial score (nSPS) is 19.7. The second kappa shape index (κ2) is 11.7. The minimum Gasteiger partial charge on any atom is -0.481 e. The molecule has 1 saturated carbocycles. The predicted molar refractivity (Wildman–Crippen MR) is 163 cm³/mol. The van der Waals surface area contributed by atoms with Crippen molar-refractivity contribution in [1.29, 1.82) is 0 Å². The van der Waals surface area contributed by atoms with Crippen LogP contribution in [0.5, 0.6) is 0 Å². The van der Waals surface area contributed by atoms with Crippen molar-refractivity contribution in [3.63, 3.8) is 0 Å². The zero-order valence-corrected chi connectivity index (χ0v) is 25.0. The van der Waals surface area contributed by atoms with Crippen molar-refractivity contribution in [3.8, 4) is 0 Å². The first-order valence-corrected chi connectivity index (χ1v) is 14.9. The molecule has 0 radical (unpaired) electrons.